The van der Waals surface area contributed by atoms with Crippen LogP contribution in [0.4, 0.5) is 5.69 Å². The van der Waals surface area contributed by atoms with Gasteiger partial charge in [-0.05, 0) is 19.4 Å². The fourth-order valence-corrected chi connectivity index (χ4v) is 2.48. The summed E-state index contributed by atoms with van der Waals surface area (Å²) in [5.74, 6) is 0. The van der Waals surface area contributed by atoms with E-state index in [2.05, 4.69) is 10.3 Å². The Hall–Kier alpha value is -2.96. The smallest absolute Gasteiger partial charge is 0.274 e. The average Bonchev–Trinajstić information content (AvgIpc) is 2.78. The Balaban J connectivity index is 2.37. The minimum absolute atomic E-state index is 0.136. The van der Waals surface area contributed by atoms with E-state index in [1.54, 1.807) is 0 Å². The first-order chi connectivity index (χ1) is 9.95. The molecule has 0 saturated carbocycles. The molecular weight excluding hydrogens is 272 g/mol. The number of H-pyrrole nitrogens is 1. The van der Waals surface area contributed by atoms with Crippen molar-refractivity contribution >= 4 is 16.7 Å². The molecule has 0 aliphatic heterocycles. The Morgan fingerprint density at radius 1 is 1.14 bits per heavy atom. The van der Waals surface area contributed by atoms with Crippen LogP contribution < -0.4 is 4.85 Å². The van der Waals surface area contributed by atoms with E-state index < -0.39 is 4.92 Å². The lowest BCUT2D eigenvalue weighted by molar-refractivity contribution is -0.644. The van der Waals surface area contributed by atoms with E-state index in [-0.39, 0.29) is 11.2 Å². The molecule has 0 aliphatic carbocycles. The maximum absolute atomic E-state index is 11.6. The van der Waals surface area contributed by atoms with Gasteiger partial charge in [-0.15, -0.1) is 0 Å². The number of nitrogens with one attached hydrogen (secondary N) is 1. The van der Waals surface area contributed by atoms with Gasteiger partial charge in [-0.1, -0.05) is 34.5 Å². The quantitative estimate of drug-likeness (QED) is 0.338. The Morgan fingerprint density at radius 2 is 1.81 bits per heavy atom. The van der Waals surface area contributed by atoms with Crippen LogP contribution >= 0.6 is 0 Å². The van der Waals surface area contributed by atoms with E-state index in [1.807, 2.05) is 32.0 Å². The number of aromatic nitrogens is 3. The fourth-order valence-electron chi connectivity index (χ4n) is 2.48. The predicted octanol–water partition coefficient (Wildman–Crippen LogP) is 2.39. The minimum atomic E-state index is -0.515. The predicted molar refractivity (Wildman–Crippen MR) is 76.6 cm³/mol. The van der Waals surface area contributed by atoms with Gasteiger partial charge in [0.1, 0.15) is 0 Å². The average molecular weight is 284 g/mol. The van der Waals surface area contributed by atoms with E-state index in [1.165, 1.54) is 12.1 Å². The molecule has 3 aromatic rings. The van der Waals surface area contributed by atoms with Gasteiger partial charge >= 0.3 is 0 Å². The molecule has 7 heteroatoms. The van der Waals surface area contributed by atoms with Gasteiger partial charge in [-0.3, -0.25) is 10.1 Å². The van der Waals surface area contributed by atoms with E-state index in [0.29, 0.717) is 15.9 Å². The summed E-state index contributed by atoms with van der Waals surface area (Å²) in [6, 6.07) is 8.50. The zero-order valence-electron chi connectivity index (χ0n) is 11.5. The molecule has 0 radical (unpaired) electrons. The highest BCUT2D eigenvalue weighted by Gasteiger charge is 2.21. The summed E-state index contributed by atoms with van der Waals surface area (Å²) in [6.45, 7) is 3.90. The van der Waals surface area contributed by atoms with E-state index in [4.69, 9.17) is 0 Å². The highest BCUT2D eigenvalue weighted by atomic mass is 16.6. The van der Waals surface area contributed by atoms with Crippen LogP contribution in [0.3, 0.4) is 0 Å². The van der Waals surface area contributed by atoms with Crippen molar-refractivity contribution in [2.45, 2.75) is 13.8 Å². The lowest BCUT2D eigenvalue weighted by atomic mass is 9.99. The van der Waals surface area contributed by atoms with Crippen molar-refractivity contribution in [1.29, 1.82) is 0 Å². The number of aromatic amines is 1. The SMILES string of the molecule is Cc1cc(C)cc(-c2cc([N+](=O)[O-])cc3c2n[nH][n+]3[O-])c1. The van der Waals surface area contributed by atoms with Gasteiger partial charge in [-0.25, -0.2) is 0 Å². The maximum atomic E-state index is 11.6. The lowest BCUT2D eigenvalue weighted by Crippen LogP contribution is -2.27. The summed E-state index contributed by atoms with van der Waals surface area (Å²) in [6.07, 6.45) is 0. The van der Waals surface area contributed by atoms with Gasteiger partial charge < -0.3 is 5.21 Å². The van der Waals surface area contributed by atoms with Gasteiger partial charge in [0.25, 0.3) is 11.2 Å². The molecule has 106 valence electrons. The summed E-state index contributed by atoms with van der Waals surface area (Å²) in [5, 5.41) is 28.9. The summed E-state index contributed by atoms with van der Waals surface area (Å²) in [4.78, 5) is 11.0. The monoisotopic (exact) mass is 284 g/mol. The molecule has 1 heterocycles. The first-order valence-electron chi connectivity index (χ1n) is 6.30. The molecule has 0 aliphatic rings. The van der Waals surface area contributed by atoms with Crippen LogP contribution in [0.15, 0.2) is 30.3 Å². The van der Waals surface area contributed by atoms with Crippen molar-refractivity contribution in [1.82, 2.24) is 10.3 Å². The summed E-state index contributed by atoms with van der Waals surface area (Å²) in [5.41, 5.74) is 3.87. The highest BCUT2D eigenvalue weighted by molar-refractivity contribution is 5.92. The van der Waals surface area contributed by atoms with Crippen LogP contribution in [-0.4, -0.2) is 15.2 Å². The molecule has 0 amide bonds. The Bertz CT molecular complexity index is 850. The highest BCUT2D eigenvalue weighted by Crippen LogP contribution is 2.31. The van der Waals surface area contributed by atoms with Crippen molar-refractivity contribution < 1.29 is 9.77 Å². The first-order valence-corrected chi connectivity index (χ1v) is 6.30. The standard InChI is InChI=1S/C14H12N4O3/c1-8-3-9(2)5-10(4-8)12-6-11(18(20)21)7-13-14(12)15-16-17(13)19/h3-7,16H,1-2H3. The number of nitro groups is 1. The molecule has 0 saturated heterocycles. The number of benzene rings is 2. The summed E-state index contributed by atoms with van der Waals surface area (Å²) >= 11 is 0. The second kappa shape index (κ2) is 4.55. The number of nitro benzene ring substituents is 1. The number of rotatable bonds is 2. The molecule has 0 bridgehead atoms. The van der Waals surface area contributed by atoms with Gasteiger partial charge in [0.15, 0.2) is 0 Å². The number of non-ortho nitro benzene ring substituents is 1. The van der Waals surface area contributed by atoms with Crippen LogP contribution in [-0.2, 0) is 0 Å². The second-order valence-electron chi connectivity index (χ2n) is 5.00. The molecular formula is C14H12N4O3. The largest absolute Gasteiger partial charge is 0.692 e. The Labute approximate surface area is 119 Å². The molecule has 7 nitrogen and oxygen atoms in total. The van der Waals surface area contributed by atoms with Crippen LogP contribution in [0.2, 0.25) is 0 Å². The number of hydrogen-bond acceptors (Lipinski definition) is 4. The molecule has 0 unspecified atom stereocenters. The van der Waals surface area contributed by atoms with Gasteiger partial charge in [0.05, 0.1) is 11.0 Å². The molecule has 2 aromatic carbocycles. The van der Waals surface area contributed by atoms with Crippen molar-refractivity contribution in [3.05, 3.63) is 56.8 Å². The van der Waals surface area contributed by atoms with Gasteiger partial charge in [0, 0.05) is 16.7 Å². The number of hydrogen-bond donors (Lipinski definition) is 1. The molecule has 1 aromatic heterocycles. The second-order valence-corrected chi connectivity index (χ2v) is 5.00. The minimum Gasteiger partial charge on any atom is -0.692 e. The van der Waals surface area contributed by atoms with E-state index in [0.717, 1.165) is 16.7 Å². The maximum Gasteiger partial charge on any atom is 0.274 e. The van der Waals surface area contributed by atoms with Gasteiger partial charge in [0.2, 0.25) is 5.52 Å². The molecule has 1 N–H and O–H groups in total. The van der Waals surface area contributed by atoms with Crippen molar-refractivity contribution in [3.63, 3.8) is 0 Å². The number of fused-ring (bicyclic) bond motifs is 1. The number of nitrogens with zero attached hydrogens (tertiary/aromatic N) is 3. The molecule has 0 spiro atoms. The van der Waals surface area contributed by atoms with Crippen molar-refractivity contribution in [3.8, 4) is 11.1 Å². The Kier molecular flexibility index (Phi) is 2.83. The molecule has 0 fully saturated rings. The topological polar surface area (TPSA) is 98.8 Å². The molecule has 0 atom stereocenters. The van der Waals surface area contributed by atoms with Crippen LogP contribution in [0.5, 0.6) is 0 Å². The zero-order chi connectivity index (χ0) is 15.1. The molecule has 3 rings (SSSR count). The van der Waals surface area contributed by atoms with Crippen LogP contribution in [0.25, 0.3) is 22.2 Å². The first kappa shape index (κ1) is 13.0. The van der Waals surface area contributed by atoms with Gasteiger partial charge in [-0.2, -0.15) is 4.85 Å². The fraction of sp³-hybridized carbons (Fsp3) is 0.143. The van der Waals surface area contributed by atoms with E-state index in [9.17, 15) is 15.3 Å². The van der Waals surface area contributed by atoms with Crippen LogP contribution in [0, 0.1) is 29.2 Å². The third-order valence-electron chi connectivity index (χ3n) is 3.29. The number of aryl methyl sites for hydroxylation is 2. The lowest BCUT2D eigenvalue weighted by Gasteiger charge is -2.05. The third-order valence-corrected chi connectivity index (χ3v) is 3.29. The summed E-state index contributed by atoms with van der Waals surface area (Å²) < 4.78 is 0. The third kappa shape index (κ3) is 2.18. The van der Waals surface area contributed by atoms with Crippen molar-refractivity contribution in [2.24, 2.45) is 0 Å². The summed E-state index contributed by atoms with van der Waals surface area (Å²) in [7, 11) is 0. The van der Waals surface area contributed by atoms with Crippen LogP contribution in [0.1, 0.15) is 11.1 Å². The Morgan fingerprint density at radius 3 is 2.43 bits per heavy atom. The normalized spacial score (nSPS) is 11.0. The van der Waals surface area contributed by atoms with Crippen molar-refractivity contribution in [2.75, 3.05) is 0 Å². The van der Waals surface area contributed by atoms with E-state index >= 15 is 0 Å². The zero-order valence-corrected chi connectivity index (χ0v) is 11.5. The molecule has 21 heavy (non-hydrogen) atoms.